The normalized spacial score (nSPS) is 15.4. The Morgan fingerprint density at radius 1 is 1.03 bits per heavy atom. The summed E-state index contributed by atoms with van der Waals surface area (Å²) in [5.41, 5.74) is 2.62. The fourth-order valence-corrected chi connectivity index (χ4v) is 6.20. The van der Waals surface area contributed by atoms with Crippen LogP contribution in [-0.4, -0.2) is 32.1 Å². The van der Waals surface area contributed by atoms with Crippen LogP contribution in [0.2, 0.25) is 5.02 Å². The monoisotopic (exact) mass is 497 g/mol. The number of halogens is 1. The molecule has 10 heteroatoms. The van der Waals surface area contributed by atoms with Gasteiger partial charge >= 0.3 is 12.0 Å². The van der Waals surface area contributed by atoms with Gasteiger partial charge in [0.2, 0.25) is 0 Å². The van der Waals surface area contributed by atoms with Crippen LogP contribution in [0, 0.1) is 0 Å². The molecule has 2 aliphatic rings. The highest BCUT2D eigenvalue weighted by Crippen LogP contribution is 2.37. The Labute approximate surface area is 201 Å². The zero-order valence-corrected chi connectivity index (χ0v) is 19.4. The van der Waals surface area contributed by atoms with Gasteiger partial charge in [-0.3, -0.25) is 9.21 Å². The van der Waals surface area contributed by atoms with Gasteiger partial charge in [-0.25, -0.2) is 18.0 Å². The highest BCUT2D eigenvalue weighted by atomic mass is 35.5. The molecule has 174 valence electrons. The standard InChI is InChI=1S/C24H20ClN3O5S/c25-19-11-10-16(34(32,33)28-12-4-6-15-5-1-2-9-21(15)28)13-22(19)27-14-18-17(23(29)30)7-3-8-20(18)26-24(27)31/h1-3,5,7-11,13H,4,6,12,14H2,(H,26,31)(H,29,30). The SMILES string of the molecule is O=C(O)c1cccc2c1CN(c1cc(S(=O)(=O)N3CCCc4ccccc43)ccc1Cl)C(=O)N2. The van der Waals surface area contributed by atoms with Crippen molar-refractivity contribution in [1.82, 2.24) is 0 Å². The van der Waals surface area contributed by atoms with E-state index in [2.05, 4.69) is 5.32 Å². The van der Waals surface area contributed by atoms with Crippen LogP contribution in [0.1, 0.15) is 27.9 Å². The number of urea groups is 1. The van der Waals surface area contributed by atoms with Crippen molar-refractivity contribution in [2.75, 3.05) is 21.1 Å². The number of benzene rings is 3. The number of fused-ring (bicyclic) bond motifs is 2. The molecule has 0 aliphatic carbocycles. The predicted octanol–water partition coefficient (Wildman–Crippen LogP) is 4.73. The minimum Gasteiger partial charge on any atom is -0.478 e. The lowest BCUT2D eigenvalue weighted by molar-refractivity contribution is 0.0695. The maximum atomic E-state index is 13.6. The number of amides is 2. The van der Waals surface area contributed by atoms with Gasteiger partial charge < -0.3 is 10.4 Å². The van der Waals surface area contributed by atoms with E-state index >= 15 is 0 Å². The number of hydrogen-bond donors (Lipinski definition) is 2. The molecule has 0 spiro atoms. The van der Waals surface area contributed by atoms with Crippen LogP contribution >= 0.6 is 11.6 Å². The lowest BCUT2D eigenvalue weighted by Gasteiger charge is -2.32. The van der Waals surface area contributed by atoms with Gasteiger partial charge in [0.05, 0.1) is 33.4 Å². The molecule has 0 aromatic heterocycles. The predicted molar refractivity (Wildman–Crippen MR) is 129 cm³/mol. The van der Waals surface area contributed by atoms with Crippen LogP contribution in [0.5, 0.6) is 0 Å². The van der Waals surface area contributed by atoms with Crippen LogP contribution in [0.3, 0.4) is 0 Å². The van der Waals surface area contributed by atoms with Gasteiger partial charge in [-0.05, 0) is 54.8 Å². The molecule has 5 rings (SSSR count). The lowest BCUT2D eigenvalue weighted by atomic mass is 10.0. The minimum absolute atomic E-state index is 0.00582. The first kappa shape index (κ1) is 22.2. The third-order valence-corrected chi connectivity index (χ3v) is 8.20. The Morgan fingerprint density at radius 2 is 1.82 bits per heavy atom. The van der Waals surface area contributed by atoms with Crippen molar-refractivity contribution in [3.8, 4) is 0 Å². The van der Waals surface area contributed by atoms with Gasteiger partial charge in [-0.1, -0.05) is 35.9 Å². The molecule has 0 fully saturated rings. The van der Waals surface area contributed by atoms with E-state index < -0.39 is 22.0 Å². The second kappa shape index (κ2) is 8.34. The number of sulfonamides is 1. The summed E-state index contributed by atoms with van der Waals surface area (Å²) >= 11 is 6.39. The number of para-hydroxylation sites is 1. The van der Waals surface area contributed by atoms with E-state index in [9.17, 15) is 23.1 Å². The van der Waals surface area contributed by atoms with E-state index in [0.29, 0.717) is 29.9 Å². The average molecular weight is 498 g/mol. The van der Waals surface area contributed by atoms with E-state index in [4.69, 9.17) is 11.6 Å². The lowest BCUT2D eigenvalue weighted by Crippen LogP contribution is -2.40. The number of rotatable bonds is 4. The Balaban J connectivity index is 1.56. The van der Waals surface area contributed by atoms with Crippen molar-refractivity contribution in [1.29, 1.82) is 0 Å². The van der Waals surface area contributed by atoms with E-state index in [-0.39, 0.29) is 27.7 Å². The van der Waals surface area contributed by atoms with Crippen LogP contribution in [0.25, 0.3) is 0 Å². The van der Waals surface area contributed by atoms with Crippen molar-refractivity contribution in [2.45, 2.75) is 24.3 Å². The number of carboxylic acid groups (broad SMARTS) is 1. The highest BCUT2D eigenvalue weighted by Gasteiger charge is 2.32. The maximum Gasteiger partial charge on any atom is 0.336 e. The Kier molecular flexibility index (Phi) is 5.45. The molecule has 34 heavy (non-hydrogen) atoms. The second-order valence-corrected chi connectivity index (χ2v) is 10.3. The van der Waals surface area contributed by atoms with Crippen molar-refractivity contribution in [3.05, 3.63) is 82.4 Å². The molecular formula is C24H20ClN3O5S. The van der Waals surface area contributed by atoms with Crippen molar-refractivity contribution in [3.63, 3.8) is 0 Å². The molecule has 2 aliphatic heterocycles. The quantitative estimate of drug-likeness (QED) is 0.541. The number of anilines is 3. The molecule has 0 atom stereocenters. The van der Waals surface area contributed by atoms with Crippen LogP contribution in [-0.2, 0) is 23.0 Å². The van der Waals surface area contributed by atoms with Gasteiger partial charge in [0, 0.05) is 17.8 Å². The third-order valence-electron chi connectivity index (χ3n) is 6.07. The van der Waals surface area contributed by atoms with E-state index in [1.165, 1.54) is 33.5 Å². The molecular weight excluding hydrogens is 478 g/mol. The summed E-state index contributed by atoms with van der Waals surface area (Å²) in [7, 11) is -3.93. The van der Waals surface area contributed by atoms with Gasteiger partial charge in [0.1, 0.15) is 0 Å². The molecule has 3 aromatic carbocycles. The van der Waals surface area contributed by atoms with E-state index in [1.54, 1.807) is 24.3 Å². The highest BCUT2D eigenvalue weighted by molar-refractivity contribution is 7.92. The number of nitrogens with zero attached hydrogens (tertiary/aromatic N) is 2. The first-order valence-electron chi connectivity index (χ1n) is 10.6. The number of carbonyl (C=O) groups is 2. The van der Waals surface area contributed by atoms with Gasteiger partial charge in [-0.15, -0.1) is 0 Å². The van der Waals surface area contributed by atoms with Crippen molar-refractivity contribution < 1.29 is 23.1 Å². The summed E-state index contributed by atoms with van der Waals surface area (Å²) in [6.07, 6.45) is 1.49. The molecule has 0 saturated carbocycles. The Bertz CT molecular complexity index is 1440. The minimum atomic E-state index is -3.93. The van der Waals surface area contributed by atoms with Crippen LogP contribution < -0.4 is 14.5 Å². The largest absolute Gasteiger partial charge is 0.478 e. The number of carboxylic acids is 1. The molecule has 0 bridgehead atoms. The van der Waals surface area contributed by atoms with Crippen LogP contribution in [0.4, 0.5) is 21.9 Å². The molecule has 2 heterocycles. The summed E-state index contributed by atoms with van der Waals surface area (Å²) in [4.78, 5) is 25.8. The van der Waals surface area contributed by atoms with Gasteiger partial charge in [0.25, 0.3) is 10.0 Å². The topological polar surface area (TPSA) is 107 Å². The zero-order valence-electron chi connectivity index (χ0n) is 17.9. The van der Waals surface area contributed by atoms with Gasteiger partial charge in [0.15, 0.2) is 0 Å². The third kappa shape index (κ3) is 3.66. The number of hydrogen-bond acceptors (Lipinski definition) is 4. The maximum absolute atomic E-state index is 13.6. The first-order valence-corrected chi connectivity index (χ1v) is 12.4. The Hall–Kier alpha value is -3.56. The molecule has 0 saturated heterocycles. The molecule has 2 N–H and O–H groups in total. The molecule has 2 amide bonds. The van der Waals surface area contributed by atoms with Gasteiger partial charge in [-0.2, -0.15) is 0 Å². The summed E-state index contributed by atoms with van der Waals surface area (Å²) < 4.78 is 28.6. The number of aryl methyl sites for hydroxylation is 1. The van der Waals surface area contributed by atoms with E-state index in [0.717, 1.165) is 12.0 Å². The summed E-state index contributed by atoms with van der Waals surface area (Å²) in [6, 6.07) is 15.7. The zero-order chi connectivity index (χ0) is 24.0. The summed E-state index contributed by atoms with van der Waals surface area (Å²) in [6.45, 7) is 0.274. The Morgan fingerprint density at radius 3 is 2.62 bits per heavy atom. The number of aromatic carboxylic acids is 1. The van der Waals surface area contributed by atoms with Crippen molar-refractivity contribution in [2.24, 2.45) is 0 Å². The summed E-state index contributed by atoms with van der Waals surface area (Å²) in [5.74, 6) is -1.13. The molecule has 3 aromatic rings. The molecule has 0 unspecified atom stereocenters. The second-order valence-electron chi connectivity index (χ2n) is 8.08. The number of nitrogens with one attached hydrogen (secondary N) is 1. The first-order chi connectivity index (χ1) is 16.3. The van der Waals surface area contributed by atoms with E-state index in [1.807, 2.05) is 12.1 Å². The van der Waals surface area contributed by atoms with Crippen molar-refractivity contribution >= 4 is 50.7 Å². The fraction of sp³-hybridized carbons (Fsp3) is 0.167. The molecule has 0 radical (unpaired) electrons. The summed E-state index contributed by atoms with van der Waals surface area (Å²) in [5, 5.41) is 12.4. The smallest absolute Gasteiger partial charge is 0.336 e. The fourth-order valence-electron chi connectivity index (χ4n) is 4.42. The average Bonchev–Trinajstić information content (AvgIpc) is 2.83. The number of carbonyl (C=O) groups excluding carboxylic acids is 1. The molecule has 8 nitrogen and oxygen atoms in total. The van der Waals surface area contributed by atoms with Crippen LogP contribution in [0.15, 0.2) is 65.6 Å².